The van der Waals surface area contributed by atoms with Gasteiger partial charge in [-0.3, -0.25) is 0 Å². The van der Waals surface area contributed by atoms with E-state index in [2.05, 4.69) is 0 Å². The van der Waals surface area contributed by atoms with Gasteiger partial charge in [0.05, 0.1) is 12.2 Å². The van der Waals surface area contributed by atoms with Crippen LogP contribution in [0.4, 0.5) is 0 Å². The number of hydrogen-bond acceptors (Lipinski definition) is 2. The van der Waals surface area contributed by atoms with E-state index in [9.17, 15) is 4.46 Å². The van der Waals surface area contributed by atoms with Crippen LogP contribution in [0.2, 0.25) is 6.04 Å². The predicted molar refractivity (Wildman–Crippen MR) is 44.1 cm³/mol. The molecule has 3 nitrogen and oxygen atoms in total. The first kappa shape index (κ1) is 8.38. The average Bonchev–Trinajstić information content (AvgIpc) is 2.78. The molecule has 1 aliphatic carbocycles. The molecule has 1 heterocycles. The lowest BCUT2D eigenvalue weighted by Gasteiger charge is -2.17. The van der Waals surface area contributed by atoms with Gasteiger partial charge in [-0.15, -0.1) is 0 Å². The Balaban J connectivity index is 1.70. The van der Waals surface area contributed by atoms with Gasteiger partial charge in [0.15, 0.2) is 0 Å². The molecule has 1 aliphatic heterocycles. The molecule has 2 fully saturated rings. The highest BCUT2D eigenvalue weighted by Gasteiger charge is 2.43. The number of epoxide rings is 1. The van der Waals surface area contributed by atoms with Gasteiger partial charge < -0.3 is 14.0 Å². The van der Waals surface area contributed by atoms with Crippen molar-refractivity contribution >= 4 is 8.93 Å². The smallest absolute Gasteiger partial charge is 0.499 e. The summed E-state index contributed by atoms with van der Waals surface area (Å²) in [6.07, 6.45) is 5.45. The molecule has 1 saturated heterocycles. The van der Waals surface area contributed by atoms with Crippen LogP contribution in [0, 0.1) is 5.92 Å². The molecule has 68 valence electrons. The highest BCUT2D eigenvalue weighted by molar-refractivity contribution is 6.32. The third-order valence-corrected chi connectivity index (χ3v) is 3.60. The molecule has 4 heteroatoms. The summed E-state index contributed by atoms with van der Waals surface area (Å²) in [6, 6.07) is 0.507. The second kappa shape index (κ2) is 3.26. The zero-order valence-corrected chi connectivity index (χ0v) is 8.03. The Morgan fingerprint density at radius 1 is 1.42 bits per heavy atom. The number of ether oxygens (including phenoxy) is 1. The monoisotopic (exact) mass is 186 g/mol. The maximum absolute atomic E-state index is 10.5. The predicted octanol–water partition coefficient (Wildman–Crippen LogP) is 0.855. The van der Waals surface area contributed by atoms with Gasteiger partial charge in [0.2, 0.25) is 0 Å². The molecule has 0 aromatic heterocycles. The van der Waals surface area contributed by atoms with Gasteiger partial charge in [-0.2, -0.15) is 0 Å². The lowest BCUT2D eigenvalue weighted by Crippen LogP contribution is -2.14. The first-order valence-electron chi connectivity index (χ1n) is 4.63. The Kier molecular flexibility index (Phi) is 2.28. The topological polar surface area (TPSA) is 49.8 Å². The van der Waals surface area contributed by atoms with Crippen molar-refractivity contribution in [1.29, 1.82) is 0 Å². The van der Waals surface area contributed by atoms with Crippen LogP contribution in [0.1, 0.15) is 25.7 Å². The molecule has 2 aliphatic rings. The van der Waals surface area contributed by atoms with Gasteiger partial charge in [-0.25, -0.2) is 0 Å². The second-order valence-corrected chi connectivity index (χ2v) is 5.11. The third kappa shape index (κ3) is 1.93. The molecule has 3 unspecified atom stereocenters. The van der Waals surface area contributed by atoms with Crippen molar-refractivity contribution in [3.05, 3.63) is 0 Å². The maximum atomic E-state index is 10.5. The summed E-state index contributed by atoms with van der Waals surface area (Å²) in [6.45, 7) is 0. The van der Waals surface area contributed by atoms with E-state index in [1.807, 2.05) is 0 Å². The Morgan fingerprint density at radius 2 is 2.25 bits per heavy atom. The number of rotatable bonds is 3. The van der Waals surface area contributed by atoms with E-state index in [1.165, 1.54) is 12.8 Å². The van der Waals surface area contributed by atoms with Crippen LogP contribution in [-0.2, 0) is 9.20 Å². The average molecular weight is 186 g/mol. The first-order chi connectivity index (χ1) is 5.75. The van der Waals surface area contributed by atoms with E-state index in [0.717, 1.165) is 12.8 Å². The van der Waals surface area contributed by atoms with Crippen LogP contribution < -0.4 is 0 Å². The van der Waals surface area contributed by atoms with E-state index in [1.54, 1.807) is 0 Å². The van der Waals surface area contributed by atoms with Crippen LogP contribution in [0.15, 0.2) is 0 Å². The highest BCUT2D eigenvalue weighted by Crippen LogP contribution is 2.40. The van der Waals surface area contributed by atoms with Crippen molar-refractivity contribution in [3.8, 4) is 0 Å². The van der Waals surface area contributed by atoms with Crippen LogP contribution in [-0.4, -0.2) is 25.9 Å². The second-order valence-electron chi connectivity index (χ2n) is 3.82. The summed E-state index contributed by atoms with van der Waals surface area (Å²) < 4.78 is 15.9. The van der Waals surface area contributed by atoms with Gasteiger partial charge in [0.25, 0.3) is 0 Å². The molecule has 0 aromatic rings. The quantitative estimate of drug-likeness (QED) is 0.525. The van der Waals surface area contributed by atoms with Gasteiger partial charge in [0.1, 0.15) is 0 Å². The van der Waals surface area contributed by atoms with Crippen molar-refractivity contribution in [3.63, 3.8) is 0 Å². The molecule has 1 N–H and O–H groups in total. The summed E-state index contributed by atoms with van der Waals surface area (Å²) in [5.74, 6) is 0.648. The van der Waals surface area contributed by atoms with Crippen molar-refractivity contribution < 1.29 is 14.0 Å². The van der Waals surface area contributed by atoms with Gasteiger partial charge in [-0.1, -0.05) is 0 Å². The summed E-state index contributed by atoms with van der Waals surface area (Å²) in [4.78, 5) is 8.67. The van der Waals surface area contributed by atoms with Crippen molar-refractivity contribution in [2.75, 3.05) is 0 Å². The van der Waals surface area contributed by atoms with Crippen LogP contribution in [0.3, 0.4) is 0 Å². The van der Waals surface area contributed by atoms with Crippen LogP contribution in [0.25, 0.3) is 0 Å². The van der Waals surface area contributed by atoms with E-state index in [-0.39, 0.29) is 0 Å². The van der Waals surface area contributed by atoms with E-state index >= 15 is 0 Å². The van der Waals surface area contributed by atoms with Crippen LogP contribution in [0.5, 0.6) is 0 Å². The molecule has 12 heavy (non-hydrogen) atoms. The summed E-state index contributed by atoms with van der Waals surface area (Å²) >= 11 is 0. The minimum Gasteiger partial charge on any atom is -0.540 e. The fraction of sp³-hybridized carbons (Fsp3) is 1.00. The zero-order chi connectivity index (χ0) is 8.55. The number of fused-ring (bicyclic) bond motifs is 1. The maximum Gasteiger partial charge on any atom is 0.499 e. The highest BCUT2D eigenvalue weighted by atomic mass is 28.3. The van der Waals surface area contributed by atoms with Crippen molar-refractivity contribution in [1.82, 2.24) is 0 Å². The lowest BCUT2D eigenvalue weighted by molar-refractivity contribution is 0.352. The molecule has 0 radical (unpaired) electrons. The molecular weight excluding hydrogens is 172 g/mol. The molecule has 0 bridgehead atoms. The molecule has 2 rings (SSSR count). The van der Waals surface area contributed by atoms with Gasteiger partial charge >= 0.3 is 8.93 Å². The summed E-state index contributed by atoms with van der Waals surface area (Å²) in [5.41, 5.74) is 0. The Hall–Kier alpha value is -0.223. The molecule has 0 spiro atoms. The molecule has 3 atom stereocenters. The van der Waals surface area contributed by atoms with E-state index < -0.39 is 8.93 Å². The summed E-state index contributed by atoms with van der Waals surface area (Å²) in [5, 5.41) is 0. The van der Waals surface area contributed by atoms with Crippen molar-refractivity contribution in [2.45, 2.75) is 43.9 Å². The molecule has 0 amide bonds. The first-order valence-corrected chi connectivity index (χ1v) is 6.19. The minimum absolute atomic E-state index is 0.504. The van der Waals surface area contributed by atoms with Crippen molar-refractivity contribution in [2.24, 2.45) is 5.92 Å². The standard InChI is InChI=1S/C8H14O3Si/c9-12(10)4-3-6-1-2-7-8(5-6)11-7/h6-9H,1-5H2. The zero-order valence-electron chi connectivity index (χ0n) is 7.03. The van der Waals surface area contributed by atoms with Gasteiger partial charge in [0, 0.05) is 6.04 Å². The largest absolute Gasteiger partial charge is 0.540 e. The Labute approximate surface area is 73.5 Å². The number of hydrogen-bond donors (Lipinski definition) is 1. The Bertz CT molecular complexity index is 195. The molecular formula is C8H14O3Si. The fourth-order valence-corrected chi connectivity index (χ4v) is 2.73. The normalized spacial score (nSPS) is 38.8. The Morgan fingerprint density at radius 3 is 2.92 bits per heavy atom. The van der Waals surface area contributed by atoms with Gasteiger partial charge in [-0.05, 0) is 31.6 Å². The minimum atomic E-state index is -2.23. The van der Waals surface area contributed by atoms with Crippen LogP contribution >= 0.6 is 0 Å². The lowest BCUT2D eigenvalue weighted by atomic mass is 9.88. The third-order valence-electron chi connectivity index (χ3n) is 2.88. The van der Waals surface area contributed by atoms with E-state index in [4.69, 9.17) is 9.53 Å². The van der Waals surface area contributed by atoms with E-state index in [0.29, 0.717) is 24.2 Å². The molecule has 0 aromatic carbocycles. The SMILES string of the molecule is O=[Si](O)CCC1CCC2OC2C1. The summed E-state index contributed by atoms with van der Waals surface area (Å²) in [7, 11) is -2.23. The molecule has 1 saturated carbocycles. The fourth-order valence-electron chi connectivity index (χ4n) is 2.08.